The number of carbonyl (C=O) groups is 1. The molecule has 1 atom stereocenters. The van der Waals surface area contributed by atoms with Gasteiger partial charge < -0.3 is 15.6 Å². The number of nitrogens with two attached hydrogens (primary N) is 1. The van der Waals surface area contributed by atoms with Crippen LogP contribution in [0.15, 0.2) is 22.7 Å². The monoisotopic (exact) mass is 368 g/mol. The lowest BCUT2D eigenvalue weighted by Crippen LogP contribution is -2.38. The van der Waals surface area contributed by atoms with E-state index >= 15 is 0 Å². The average Bonchev–Trinajstić information content (AvgIpc) is 3.32. The van der Waals surface area contributed by atoms with Gasteiger partial charge in [-0.1, -0.05) is 5.16 Å². The van der Waals surface area contributed by atoms with E-state index in [1.807, 2.05) is 0 Å². The van der Waals surface area contributed by atoms with Gasteiger partial charge in [-0.3, -0.25) is 4.79 Å². The van der Waals surface area contributed by atoms with Crippen LogP contribution in [0.25, 0.3) is 11.4 Å². The highest BCUT2D eigenvalue weighted by Gasteiger charge is 2.28. The van der Waals surface area contributed by atoms with Gasteiger partial charge in [0.15, 0.2) is 0 Å². The minimum atomic E-state index is -0.274. The summed E-state index contributed by atoms with van der Waals surface area (Å²) < 4.78 is 18.4. The van der Waals surface area contributed by atoms with E-state index in [9.17, 15) is 9.18 Å². The van der Waals surface area contributed by atoms with E-state index in [1.165, 1.54) is 6.07 Å². The summed E-state index contributed by atoms with van der Waals surface area (Å²) in [6.45, 7) is 2.18. The van der Waals surface area contributed by atoms with E-state index in [1.54, 1.807) is 19.1 Å². The van der Waals surface area contributed by atoms with Crippen LogP contribution >= 0.6 is 12.4 Å². The highest BCUT2D eigenvalue weighted by Crippen LogP contribution is 2.31. The summed E-state index contributed by atoms with van der Waals surface area (Å²) >= 11 is 0. The van der Waals surface area contributed by atoms with Crippen LogP contribution in [0.3, 0.4) is 0 Å². The van der Waals surface area contributed by atoms with Gasteiger partial charge in [0.1, 0.15) is 5.82 Å². The van der Waals surface area contributed by atoms with Gasteiger partial charge in [-0.05, 0) is 49.4 Å². The van der Waals surface area contributed by atoms with Gasteiger partial charge in [0.2, 0.25) is 17.6 Å². The molecule has 3 rings (SSSR count). The van der Waals surface area contributed by atoms with E-state index in [-0.39, 0.29) is 36.6 Å². The third-order valence-corrected chi connectivity index (χ3v) is 4.21. The number of halogens is 2. The van der Waals surface area contributed by atoms with Crippen LogP contribution < -0.4 is 11.1 Å². The number of rotatable bonds is 7. The maximum Gasteiger partial charge on any atom is 0.227 e. The number of nitrogens with zero attached hydrogens (tertiary/aromatic N) is 2. The molecule has 0 saturated heterocycles. The van der Waals surface area contributed by atoms with Crippen molar-refractivity contribution in [1.82, 2.24) is 15.5 Å². The Morgan fingerprint density at radius 1 is 1.48 bits per heavy atom. The molecule has 1 saturated carbocycles. The van der Waals surface area contributed by atoms with E-state index in [0.717, 1.165) is 12.8 Å². The maximum absolute atomic E-state index is 13.3. The molecule has 1 amide bonds. The molecule has 1 fully saturated rings. The Bertz CT molecular complexity index is 733. The normalized spacial score (nSPS) is 14.7. The molecule has 1 aromatic heterocycles. The van der Waals surface area contributed by atoms with Gasteiger partial charge >= 0.3 is 0 Å². The van der Waals surface area contributed by atoms with Crippen LogP contribution in [0.1, 0.15) is 30.7 Å². The predicted octanol–water partition coefficient (Wildman–Crippen LogP) is 2.39. The minimum absolute atomic E-state index is 0. The molecule has 3 N–H and O–H groups in total. The van der Waals surface area contributed by atoms with E-state index < -0.39 is 0 Å². The molecule has 1 aliphatic carbocycles. The molecular formula is C17H22ClFN4O2. The van der Waals surface area contributed by atoms with Crippen LogP contribution in [0.4, 0.5) is 4.39 Å². The van der Waals surface area contributed by atoms with E-state index in [4.69, 9.17) is 10.3 Å². The Kier molecular flexibility index (Phi) is 6.50. The fraction of sp³-hybridized carbons (Fsp3) is 0.471. The van der Waals surface area contributed by atoms with Crippen molar-refractivity contribution in [1.29, 1.82) is 0 Å². The quantitative estimate of drug-likeness (QED) is 0.782. The van der Waals surface area contributed by atoms with Crippen molar-refractivity contribution in [3.05, 3.63) is 35.5 Å². The molecule has 1 aliphatic rings. The largest absolute Gasteiger partial charge is 0.355 e. The summed E-state index contributed by atoms with van der Waals surface area (Å²) in [5, 5.41) is 6.71. The molecule has 25 heavy (non-hydrogen) atoms. The summed E-state index contributed by atoms with van der Waals surface area (Å²) in [6.07, 6.45) is 2.94. The first kappa shape index (κ1) is 19.3. The highest BCUT2D eigenvalue weighted by molar-refractivity contribution is 5.85. The van der Waals surface area contributed by atoms with Gasteiger partial charge in [0.05, 0.1) is 0 Å². The SMILES string of the molecule is Cc1cc(-c2noc(CCC(=O)NCC(N)C3CC3)n2)ccc1F.Cl. The number of hydrogen-bond donors (Lipinski definition) is 2. The molecule has 2 aromatic rings. The first-order valence-electron chi connectivity index (χ1n) is 8.14. The molecule has 136 valence electrons. The first-order valence-corrected chi connectivity index (χ1v) is 8.14. The second kappa shape index (κ2) is 8.40. The molecule has 0 bridgehead atoms. The number of hydrogen-bond acceptors (Lipinski definition) is 5. The summed E-state index contributed by atoms with van der Waals surface area (Å²) in [4.78, 5) is 16.1. The van der Waals surface area contributed by atoms with Crippen LogP contribution in [0.2, 0.25) is 0 Å². The van der Waals surface area contributed by atoms with Crippen molar-refractivity contribution < 1.29 is 13.7 Å². The lowest BCUT2D eigenvalue weighted by Gasteiger charge is -2.10. The Balaban J connectivity index is 0.00000225. The molecule has 0 aliphatic heterocycles. The smallest absolute Gasteiger partial charge is 0.227 e. The van der Waals surface area contributed by atoms with Crippen molar-refractivity contribution in [3.63, 3.8) is 0 Å². The zero-order valence-corrected chi connectivity index (χ0v) is 14.8. The summed E-state index contributed by atoms with van der Waals surface area (Å²) in [5.74, 6) is 0.980. The van der Waals surface area contributed by atoms with Crippen molar-refractivity contribution >= 4 is 18.3 Å². The Morgan fingerprint density at radius 2 is 2.24 bits per heavy atom. The topological polar surface area (TPSA) is 94.0 Å². The summed E-state index contributed by atoms with van der Waals surface area (Å²) in [7, 11) is 0. The number of amides is 1. The second-order valence-electron chi connectivity index (χ2n) is 6.28. The van der Waals surface area contributed by atoms with Gasteiger partial charge in [0.25, 0.3) is 0 Å². The molecule has 0 spiro atoms. The van der Waals surface area contributed by atoms with E-state index in [2.05, 4.69) is 15.5 Å². The Hall–Kier alpha value is -1.99. The molecule has 1 aromatic carbocycles. The van der Waals surface area contributed by atoms with Crippen LogP contribution in [0.5, 0.6) is 0 Å². The number of benzene rings is 1. The number of nitrogens with one attached hydrogen (secondary N) is 1. The number of carbonyl (C=O) groups excluding carboxylic acids is 1. The van der Waals surface area contributed by atoms with Crippen LogP contribution in [-0.4, -0.2) is 28.6 Å². The fourth-order valence-corrected chi connectivity index (χ4v) is 2.49. The van der Waals surface area contributed by atoms with Gasteiger partial charge in [0, 0.05) is 31.0 Å². The van der Waals surface area contributed by atoms with Crippen molar-refractivity contribution in [3.8, 4) is 11.4 Å². The van der Waals surface area contributed by atoms with E-state index in [0.29, 0.717) is 41.7 Å². The summed E-state index contributed by atoms with van der Waals surface area (Å²) in [6, 6.07) is 4.68. The van der Waals surface area contributed by atoms with Crippen LogP contribution in [-0.2, 0) is 11.2 Å². The van der Waals surface area contributed by atoms with Gasteiger partial charge in [-0.2, -0.15) is 4.98 Å². The standard InChI is InChI=1S/C17H21FN4O2.ClH/c1-10-8-12(4-5-13(10)18)17-21-16(24-22-17)7-6-15(23)20-9-14(19)11-2-3-11;/h4-5,8,11,14H,2-3,6-7,9,19H2,1H3,(H,20,23);1H. The molecule has 6 nitrogen and oxygen atoms in total. The molecular weight excluding hydrogens is 347 g/mol. The lowest BCUT2D eigenvalue weighted by atomic mass is 10.1. The third-order valence-electron chi connectivity index (χ3n) is 4.21. The summed E-state index contributed by atoms with van der Waals surface area (Å²) in [5.41, 5.74) is 7.15. The van der Waals surface area contributed by atoms with Crippen molar-refractivity contribution in [2.24, 2.45) is 11.7 Å². The van der Waals surface area contributed by atoms with Crippen LogP contribution in [0, 0.1) is 18.7 Å². The molecule has 8 heteroatoms. The third kappa shape index (κ3) is 5.24. The lowest BCUT2D eigenvalue weighted by molar-refractivity contribution is -0.121. The second-order valence-corrected chi connectivity index (χ2v) is 6.28. The maximum atomic E-state index is 13.3. The van der Waals surface area contributed by atoms with Gasteiger partial charge in [-0.15, -0.1) is 12.4 Å². The molecule has 1 heterocycles. The minimum Gasteiger partial charge on any atom is -0.355 e. The highest BCUT2D eigenvalue weighted by atomic mass is 35.5. The zero-order valence-electron chi connectivity index (χ0n) is 14.0. The molecule has 1 unspecified atom stereocenters. The Morgan fingerprint density at radius 3 is 2.92 bits per heavy atom. The predicted molar refractivity (Wildman–Crippen MR) is 93.7 cm³/mol. The van der Waals surface area contributed by atoms with Gasteiger partial charge in [-0.25, -0.2) is 4.39 Å². The average molecular weight is 369 g/mol. The number of aryl methyl sites for hydroxylation is 2. The zero-order chi connectivity index (χ0) is 17.1. The Labute approximate surface area is 151 Å². The number of aromatic nitrogens is 2. The fourth-order valence-electron chi connectivity index (χ4n) is 2.49. The first-order chi connectivity index (χ1) is 11.5. The van der Waals surface area contributed by atoms with Crippen molar-refractivity contribution in [2.45, 2.75) is 38.6 Å². The van der Waals surface area contributed by atoms with Crippen molar-refractivity contribution in [2.75, 3.05) is 6.54 Å². The molecule has 0 radical (unpaired) electrons.